The molecule has 0 aliphatic carbocycles. The molecule has 0 bridgehead atoms. The molecule has 1 aliphatic rings. The molecule has 0 unspecified atom stereocenters. The zero-order chi connectivity index (χ0) is 27.4. The Hall–Kier alpha value is -2.95. The van der Waals surface area contributed by atoms with Gasteiger partial charge in [-0.1, -0.05) is 37.0 Å². The topological polar surface area (TPSA) is 120 Å². The van der Waals surface area contributed by atoms with Crippen molar-refractivity contribution < 1.29 is 14.6 Å². The first kappa shape index (κ1) is 27.1. The van der Waals surface area contributed by atoms with Gasteiger partial charge in [0.1, 0.15) is 16.4 Å². The van der Waals surface area contributed by atoms with Gasteiger partial charge < -0.3 is 14.7 Å². The molecule has 0 radical (unpaired) electrons. The van der Waals surface area contributed by atoms with Gasteiger partial charge in [0.05, 0.1) is 41.6 Å². The van der Waals surface area contributed by atoms with Gasteiger partial charge in [0.15, 0.2) is 5.65 Å². The number of likely N-dealkylation sites (tertiary alicyclic amines) is 1. The van der Waals surface area contributed by atoms with Crippen LogP contribution in [0.25, 0.3) is 16.9 Å². The summed E-state index contributed by atoms with van der Waals surface area (Å²) in [4.78, 5) is 49.5. The van der Waals surface area contributed by atoms with Crippen molar-refractivity contribution in [2.75, 3.05) is 13.1 Å². The Balaban J connectivity index is 1.86. The molecular weight excluding hydrogens is 521 g/mol. The van der Waals surface area contributed by atoms with E-state index in [4.69, 9.17) is 27.9 Å². The second-order valence-corrected chi connectivity index (χ2v) is 11.5. The number of halogens is 2. The van der Waals surface area contributed by atoms with Crippen molar-refractivity contribution in [3.05, 3.63) is 60.5 Å². The average molecular weight is 550 g/mol. The number of aliphatic hydroxyl groups is 1. The van der Waals surface area contributed by atoms with Crippen LogP contribution in [0.3, 0.4) is 0 Å². The van der Waals surface area contributed by atoms with Gasteiger partial charge in [0, 0.05) is 6.20 Å². The van der Waals surface area contributed by atoms with Crippen molar-refractivity contribution in [3.63, 3.8) is 0 Å². The fourth-order valence-corrected chi connectivity index (χ4v) is 4.67. The van der Waals surface area contributed by atoms with Crippen LogP contribution in [0.2, 0.25) is 10.2 Å². The number of carbonyl (C=O) groups is 1. The maximum Gasteiger partial charge on any atom is 0.410 e. The molecule has 37 heavy (non-hydrogen) atoms. The number of aromatic nitrogens is 4. The standard InChI is InChI=1S/C25H29Cl2N5O5/c1-13(2)17-18(14(3)7-8-28-17)32-20-16(9-15(26)19(27)29-20)31(21(33)22(32)34)12-25(36)10-30(11-25)23(35)37-24(4,5)6/h7-9,13,36H,10-12H2,1-6H3. The third-order valence-electron chi connectivity index (χ3n) is 6.03. The molecule has 198 valence electrons. The van der Waals surface area contributed by atoms with Crippen molar-refractivity contribution >= 4 is 40.5 Å². The minimum atomic E-state index is -1.47. The number of ether oxygens (including phenoxy) is 1. The summed E-state index contributed by atoms with van der Waals surface area (Å²) in [7, 11) is 0. The minimum Gasteiger partial charge on any atom is -0.444 e. The summed E-state index contributed by atoms with van der Waals surface area (Å²) in [5.41, 5.74) is -1.82. The molecule has 0 saturated carbocycles. The van der Waals surface area contributed by atoms with E-state index in [1.165, 1.54) is 15.5 Å². The van der Waals surface area contributed by atoms with Crippen LogP contribution in [-0.4, -0.2) is 59.5 Å². The normalized spacial score (nSPS) is 15.2. The highest BCUT2D eigenvalue weighted by atomic mass is 35.5. The van der Waals surface area contributed by atoms with Crippen molar-refractivity contribution in [2.45, 2.75) is 65.2 Å². The summed E-state index contributed by atoms with van der Waals surface area (Å²) >= 11 is 12.5. The van der Waals surface area contributed by atoms with Gasteiger partial charge in [-0.15, -0.1) is 0 Å². The molecule has 10 nitrogen and oxygen atoms in total. The van der Waals surface area contributed by atoms with Gasteiger partial charge in [0.25, 0.3) is 0 Å². The fraction of sp³-hybridized carbons (Fsp3) is 0.480. The molecule has 1 N–H and O–H groups in total. The van der Waals surface area contributed by atoms with Crippen LogP contribution in [0.4, 0.5) is 4.79 Å². The van der Waals surface area contributed by atoms with Crippen LogP contribution in [0.15, 0.2) is 27.9 Å². The maximum atomic E-state index is 13.6. The van der Waals surface area contributed by atoms with E-state index < -0.39 is 28.4 Å². The summed E-state index contributed by atoms with van der Waals surface area (Å²) in [5, 5.41) is 11.2. The van der Waals surface area contributed by atoms with Crippen LogP contribution in [0.1, 0.15) is 51.8 Å². The molecule has 4 rings (SSSR count). The lowest BCUT2D eigenvalue weighted by molar-refractivity contribution is -0.107. The van der Waals surface area contributed by atoms with E-state index >= 15 is 0 Å². The fourth-order valence-electron chi connectivity index (χ4n) is 4.39. The highest BCUT2D eigenvalue weighted by Crippen LogP contribution is 2.30. The number of aryl methyl sites for hydroxylation is 1. The van der Waals surface area contributed by atoms with Crippen LogP contribution < -0.4 is 11.1 Å². The number of carbonyl (C=O) groups excluding carboxylic acids is 1. The molecular formula is C25H29Cl2N5O5. The third kappa shape index (κ3) is 5.10. The lowest BCUT2D eigenvalue weighted by Gasteiger charge is -2.46. The second kappa shape index (κ2) is 9.41. The summed E-state index contributed by atoms with van der Waals surface area (Å²) in [6.07, 6.45) is 1.07. The number of nitrogens with zero attached hydrogens (tertiary/aromatic N) is 5. The second-order valence-electron chi connectivity index (χ2n) is 10.7. The zero-order valence-corrected chi connectivity index (χ0v) is 23.0. The number of hydrogen-bond acceptors (Lipinski definition) is 7. The number of amides is 1. The van der Waals surface area contributed by atoms with Gasteiger partial charge >= 0.3 is 17.2 Å². The van der Waals surface area contributed by atoms with Crippen molar-refractivity contribution in [1.29, 1.82) is 0 Å². The smallest absolute Gasteiger partial charge is 0.410 e. The molecule has 1 aliphatic heterocycles. The van der Waals surface area contributed by atoms with Crippen LogP contribution >= 0.6 is 23.2 Å². The Morgan fingerprint density at radius 3 is 2.46 bits per heavy atom. The van der Waals surface area contributed by atoms with Crippen LogP contribution in [0, 0.1) is 6.92 Å². The Morgan fingerprint density at radius 2 is 1.86 bits per heavy atom. The van der Waals surface area contributed by atoms with E-state index in [9.17, 15) is 19.5 Å². The molecule has 1 saturated heterocycles. The van der Waals surface area contributed by atoms with Crippen molar-refractivity contribution in [2.24, 2.45) is 0 Å². The zero-order valence-electron chi connectivity index (χ0n) is 21.5. The molecule has 1 amide bonds. The Bertz CT molecular complexity index is 1520. The van der Waals surface area contributed by atoms with Gasteiger partial charge in [0.2, 0.25) is 0 Å². The number of pyridine rings is 2. The summed E-state index contributed by atoms with van der Waals surface area (Å²) in [6.45, 7) is 10.5. The predicted octanol–water partition coefficient (Wildman–Crippen LogP) is 3.66. The third-order valence-corrected chi connectivity index (χ3v) is 6.70. The largest absolute Gasteiger partial charge is 0.444 e. The van der Waals surface area contributed by atoms with E-state index in [1.54, 1.807) is 33.0 Å². The number of fused-ring (bicyclic) bond motifs is 1. The predicted molar refractivity (Wildman–Crippen MR) is 141 cm³/mol. The Morgan fingerprint density at radius 1 is 1.22 bits per heavy atom. The minimum absolute atomic E-state index is 0.0430. The lowest BCUT2D eigenvalue weighted by atomic mass is 9.94. The van der Waals surface area contributed by atoms with Crippen LogP contribution in [-0.2, 0) is 11.3 Å². The quantitative estimate of drug-likeness (QED) is 0.389. The maximum absolute atomic E-state index is 13.6. The Kier molecular flexibility index (Phi) is 6.89. The first-order chi connectivity index (χ1) is 17.1. The van der Waals surface area contributed by atoms with Crippen molar-refractivity contribution in [1.82, 2.24) is 24.0 Å². The van der Waals surface area contributed by atoms with E-state index in [1.807, 2.05) is 20.8 Å². The lowest BCUT2D eigenvalue weighted by Crippen LogP contribution is -2.66. The van der Waals surface area contributed by atoms with Gasteiger partial charge in [-0.3, -0.25) is 23.7 Å². The SMILES string of the molecule is Cc1ccnc(C(C)C)c1-n1c(=O)c(=O)n(CC2(O)CN(C(=O)OC(C)(C)C)C2)c2cc(Cl)c(Cl)nc21. The van der Waals surface area contributed by atoms with Gasteiger partial charge in [-0.2, -0.15) is 0 Å². The Labute approximate surface area is 223 Å². The first-order valence-electron chi connectivity index (χ1n) is 11.8. The van der Waals surface area contributed by atoms with E-state index in [0.29, 0.717) is 11.4 Å². The summed E-state index contributed by atoms with van der Waals surface area (Å²) < 4.78 is 7.69. The van der Waals surface area contributed by atoms with Crippen molar-refractivity contribution in [3.8, 4) is 5.69 Å². The van der Waals surface area contributed by atoms with Gasteiger partial charge in [-0.05, 0) is 51.3 Å². The molecule has 1 fully saturated rings. The molecule has 12 heteroatoms. The molecule has 3 aromatic heterocycles. The average Bonchev–Trinajstić information content (AvgIpc) is 2.76. The summed E-state index contributed by atoms with van der Waals surface area (Å²) in [5.74, 6) is -0.0587. The van der Waals surface area contributed by atoms with Crippen LogP contribution in [0.5, 0.6) is 0 Å². The summed E-state index contributed by atoms with van der Waals surface area (Å²) in [6, 6.07) is 3.18. The molecule has 0 spiro atoms. The highest BCUT2D eigenvalue weighted by Gasteiger charge is 2.46. The van der Waals surface area contributed by atoms with E-state index in [2.05, 4.69) is 9.97 Å². The first-order valence-corrected chi connectivity index (χ1v) is 12.6. The number of rotatable bonds is 4. The molecule has 0 aromatic carbocycles. The van der Waals surface area contributed by atoms with Gasteiger partial charge in [-0.25, -0.2) is 9.78 Å². The number of hydrogen-bond donors (Lipinski definition) is 1. The monoisotopic (exact) mass is 549 g/mol. The molecule has 3 aromatic rings. The number of β-amino-alcohol motifs (C(OH)–C–C–N with tert-alkyl or cyclic N) is 1. The molecule has 0 atom stereocenters. The van der Waals surface area contributed by atoms with E-state index in [-0.39, 0.29) is 46.9 Å². The van der Waals surface area contributed by atoms with E-state index in [0.717, 1.165) is 10.1 Å². The molecule has 4 heterocycles. The highest BCUT2D eigenvalue weighted by molar-refractivity contribution is 6.41.